The van der Waals surface area contributed by atoms with E-state index in [-0.39, 0.29) is 0 Å². The van der Waals surface area contributed by atoms with Crippen LogP contribution >= 0.6 is 32.9 Å². The summed E-state index contributed by atoms with van der Waals surface area (Å²) < 4.78 is 11.8. The van der Waals surface area contributed by atoms with Gasteiger partial charge in [-0.15, -0.1) is 0 Å². The maximum Gasteiger partial charge on any atom is 0.347 e. The number of hydrogen-bond acceptors (Lipinski definition) is 6. The Morgan fingerprint density at radius 2 is 1.83 bits per heavy atom. The molecule has 122 valence electrons. The van der Waals surface area contributed by atoms with Crippen LogP contribution < -0.4 is 9.47 Å². The Labute approximate surface area is 152 Å². The van der Waals surface area contributed by atoms with Crippen molar-refractivity contribution in [3.05, 3.63) is 64.0 Å². The van der Waals surface area contributed by atoms with Gasteiger partial charge in [0.2, 0.25) is 0 Å². The van der Waals surface area contributed by atoms with E-state index in [9.17, 15) is 4.79 Å². The van der Waals surface area contributed by atoms with Crippen LogP contribution in [0.5, 0.6) is 11.5 Å². The first-order valence-electron chi connectivity index (χ1n) is 7.32. The molecule has 0 amide bonds. The Balaban J connectivity index is 1.76. The lowest BCUT2D eigenvalue weighted by Crippen LogP contribution is -2.10. The van der Waals surface area contributed by atoms with E-state index in [1.54, 1.807) is 51.0 Å². The summed E-state index contributed by atoms with van der Waals surface area (Å²) in [5, 5.41) is 0. The molecule has 0 N–H and O–H groups in total. The predicted molar refractivity (Wildman–Crippen MR) is 101 cm³/mol. The minimum Gasteiger partial charge on any atom is -0.493 e. The van der Waals surface area contributed by atoms with Gasteiger partial charge in [-0.05, 0) is 55.0 Å². The van der Waals surface area contributed by atoms with Crippen LogP contribution in [0.15, 0.2) is 54.6 Å². The molecular weight excluding hydrogens is 360 g/mol. The van der Waals surface area contributed by atoms with Crippen LogP contribution in [-0.2, 0) is 0 Å². The quantitative estimate of drug-likeness (QED) is 0.244. The normalized spacial score (nSPS) is 10.4. The van der Waals surface area contributed by atoms with E-state index in [0.717, 1.165) is 14.3 Å². The zero-order chi connectivity index (χ0) is 16.9. The van der Waals surface area contributed by atoms with Crippen LogP contribution in [0.2, 0.25) is 0 Å². The number of para-hydroxylation sites is 1. The highest BCUT2D eigenvalue weighted by molar-refractivity contribution is 7.80. The van der Waals surface area contributed by atoms with Crippen molar-refractivity contribution >= 4 is 38.9 Å². The van der Waals surface area contributed by atoms with Crippen LogP contribution in [0.25, 0.3) is 10.4 Å². The number of hydrogen-bond donors (Lipinski definition) is 0. The molecule has 6 heteroatoms. The second-order valence-corrected chi connectivity index (χ2v) is 7.75. The van der Waals surface area contributed by atoms with Gasteiger partial charge in [0.05, 0.1) is 6.61 Å². The molecule has 0 aliphatic heterocycles. The van der Waals surface area contributed by atoms with Crippen molar-refractivity contribution in [1.29, 1.82) is 0 Å². The van der Waals surface area contributed by atoms with Gasteiger partial charge in [-0.25, -0.2) is 4.79 Å². The van der Waals surface area contributed by atoms with Crippen molar-refractivity contribution in [1.82, 2.24) is 0 Å². The topological polar surface area (TPSA) is 35.5 Å². The number of esters is 1. The monoisotopic (exact) mass is 374 g/mol. The zero-order valence-electron chi connectivity index (χ0n) is 12.9. The largest absolute Gasteiger partial charge is 0.493 e. The number of carbonyl (C=O) groups excluding carboxylic acids is 1. The molecule has 2 aromatic carbocycles. The highest BCUT2D eigenvalue weighted by atomic mass is 32.9. The fourth-order valence-corrected chi connectivity index (χ4v) is 4.54. The summed E-state index contributed by atoms with van der Waals surface area (Å²) in [7, 11) is 3.21. The summed E-state index contributed by atoms with van der Waals surface area (Å²) in [6, 6.07) is 16.4. The number of rotatable bonds is 5. The van der Waals surface area contributed by atoms with E-state index in [4.69, 9.17) is 21.7 Å². The summed E-state index contributed by atoms with van der Waals surface area (Å²) in [6.07, 6.45) is 0. The maximum atomic E-state index is 12.4. The fourth-order valence-electron chi connectivity index (χ4n) is 2.14. The molecule has 24 heavy (non-hydrogen) atoms. The van der Waals surface area contributed by atoms with Gasteiger partial charge in [0, 0.05) is 4.88 Å². The van der Waals surface area contributed by atoms with Crippen LogP contribution in [0, 0.1) is 3.82 Å². The van der Waals surface area contributed by atoms with Crippen molar-refractivity contribution in [3.8, 4) is 21.9 Å². The lowest BCUT2D eigenvalue weighted by molar-refractivity contribution is 0.0730. The Morgan fingerprint density at radius 1 is 1.08 bits per heavy atom. The molecule has 1 aromatic heterocycles. The lowest BCUT2D eigenvalue weighted by Gasteiger charge is -2.09. The minimum atomic E-state index is -0.432. The third-order valence-electron chi connectivity index (χ3n) is 3.22. The molecule has 0 unspecified atom stereocenters. The van der Waals surface area contributed by atoms with Crippen LogP contribution in [0.1, 0.15) is 17.3 Å². The van der Waals surface area contributed by atoms with E-state index in [1.807, 2.05) is 31.2 Å². The fraction of sp³-hybridized carbons (Fsp3) is 0.111. The molecule has 0 saturated heterocycles. The summed E-state index contributed by atoms with van der Waals surface area (Å²) in [4.78, 5) is 13.5. The molecule has 3 rings (SSSR count). The number of benzene rings is 2. The zero-order valence-corrected chi connectivity index (χ0v) is 15.3. The van der Waals surface area contributed by atoms with Gasteiger partial charge >= 0.3 is 5.97 Å². The van der Waals surface area contributed by atoms with E-state index < -0.39 is 5.97 Å². The van der Waals surface area contributed by atoms with Crippen molar-refractivity contribution in [3.63, 3.8) is 0 Å². The molecule has 0 atom stereocenters. The number of ether oxygens (including phenoxy) is 2. The molecule has 0 aliphatic rings. The standard InChI is InChI=1S/C18H14O3S3/c1-2-20-15-6-4-3-5-14(15)18(19)21-13-9-7-12(8-10-13)16-11-17(22)24-23-16/h3-11H,2H2,1H3. The molecule has 3 nitrogen and oxygen atoms in total. The summed E-state index contributed by atoms with van der Waals surface area (Å²) in [5.41, 5.74) is 1.47. The summed E-state index contributed by atoms with van der Waals surface area (Å²) >= 11 is 5.15. The first-order valence-corrected chi connectivity index (χ1v) is 9.88. The van der Waals surface area contributed by atoms with Crippen LogP contribution in [0.3, 0.4) is 0 Å². The first kappa shape index (κ1) is 16.8. The smallest absolute Gasteiger partial charge is 0.347 e. The second-order valence-electron chi connectivity index (χ2n) is 4.84. The van der Waals surface area contributed by atoms with Crippen molar-refractivity contribution in [2.24, 2.45) is 0 Å². The SMILES string of the molecule is CCOc1ccccc1C(=O)Oc1ccc(-c2cc(=S)ss2)cc1. The van der Waals surface area contributed by atoms with Crippen molar-refractivity contribution < 1.29 is 14.3 Å². The molecule has 0 radical (unpaired) electrons. The number of carbonyl (C=O) groups is 1. The van der Waals surface area contributed by atoms with Crippen LogP contribution in [0.4, 0.5) is 0 Å². The summed E-state index contributed by atoms with van der Waals surface area (Å²) in [6.45, 7) is 2.37. The average Bonchev–Trinajstić information content (AvgIpc) is 3.03. The molecule has 0 aliphatic carbocycles. The Bertz CT molecular complexity index is 894. The van der Waals surface area contributed by atoms with Gasteiger partial charge < -0.3 is 9.47 Å². The van der Waals surface area contributed by atoms with Crippen molar-refractivity contribution in [2.75, 3.05) is 6.61 Å². The molecule has 0 bridgehead atoms. The second kappa shape index (κ2) is 7.70. The molecule has 0 spiro atoms. The summed E-state index contributed by atoms with van der Waals surface area (Å²) in [5.74, 6) is 0.589. The highest BCUT2D eigenvalue weighted by Crippen LogP contribution is 2.30. The molecular formula is C18H14O3S3. The lowest BCUT2D eigenvalue weighted by atomic mass is 10.2. The van der Waals surface area contributed by atoms with E-state index in [0.29, 0.717) is 23.7 Å². The van der Waals surface area contributed by atoms with Gasteiger partial charge in [-0.2, -0.15) is 0 Å². The Morgan fingerprint density at radius 3 is 2.50 bits per heavy atom. The van der Waals surface area contributed by atoms with E-state index in [1.165, 1.54) is 0 Å². The van der Waals surface area contributed by atoms with Crippen LogP contribution in [-0.4, -0.2) is 12.6 Å². The third-order valence-corrected chi connectivity index (χ3v) is 6.13. The van der Waals surface area contributed by atoms with Gasteiger partial charge in [0.15, 0.2) is 0 Å². The molecule has 1 heterocycles. The minimum absolute atomic E-state index is 0.416. The van der Waals surface area contributed by atoms with Crippen molar-refractivity contribution in [2.45, 2.75) is 6.92 Å². The van der Waals surface area contributed by atoms with Gasteiger partial charge in [0.25, 0.3) is 0 Å². The maximum absolute atomic E-state index is 12.4. The average molecular weight is 375 g/mol. The van der Waals surface area contributed by atoms with Gasteiger partial charge in [0.1, 0.15) is 20.9 Å². The van der Waals surface area contributed by atoms with E-state index in [2.05, 4.69) is 0 Å². The molecule has 0 fully saturated rings. The first-order chi connectivity index (χ1) is 11.7. The highest BCUT2D eigenvalue weighted by Gasteiger charge is 2.14. The Hall–Kier alpha value is -2.02. The molecule has 3 aromatic rings. The molecule has 0 saturated carbocycles. The predicted octanol–water partition coefficient (Wildman–Crippen LogP) is 5.82. The Kier molecular flexibility index (Phi) is 5.40. The third kappa shape index (κ3) is 3.90. The van der Waals surface area contributed by atoms with Gasteiger partial charge in [-0.1, -0.05) is 45.0 Å². The van der Waals surface area contributed by atoms with Gasteiger partial charge in [-0.3, -0.25) is 0 Å². The van der Waals surface area contributed by atoms with E-state index >= 15 is 0 Å².